The number of amides is 1. The second-order valence-corrected chi connectivity index (χ2v) is 8.30. The summed E-state index contributed by atoms with van der Waals surface area (Å²) in [6, 6.07) is 3.89. The third-order valence-electron chi connectivity index (χ3n) is 5.80. The van der Waals surface area contributed by atoms with E-state index in [1.807, 2.05) is 30.1 Å². The summed E-state index contributed by atoms with van der Waals surface area (Å²) in [5.74, 6) is -0.997. The average Bonchev–Trinajstić information content (AvgIpc) is 3.37. The van der Waals surface area contributed by atoms with Gasteiger partial charge in [0, 0.05) is 33.2 Å². The van der Waals surface area contributed by atoms with Crippen molar-refractivity contribution in [3.63, 3.8) is 0 Å². The van der Waals surface area contributed by atoms with Gasteiger partial charge in [0.15, 0.2) is 0 Å². The minimum Gasteiger partial charge on any atom is -0.475 e. The molecule has 0 bridgehead atoms. The van der Waals surface area contributed by atoms with Crippen LogP contribution in [0.15, 0.2) is 29.1 Å². The van der Waals surface area contributed by atoms with Crippen molar-refractivity contribution in [2.24, 2.45) is 13.0 Å². The molecule has 4 rings (SSSR count). The number of hydrogen-bond acceptors (Lipinski definition) is 5. The number of carbonyl (C=O) groups excluding carboxylic acids is 1. The molecule has 0 radical (unpaired) electrons. The molecule has 0 aliphatic carbocycles. The highest BCUT2D eigenvalue weighted by Gasteiger charge is 2.38. The maximum atomic E-state index is 13.3. The highest BCUT2D eigenvalue weighted by Crippen LogP contribution is 2.31. The van der Waals surface area contributed by atoms with Crippen LogP contribution in [0.1, 0.15) is 42.8 Å². The van der Waals surface area contributed by atoms with Crippen molar-refractivity contribution in [2.75, 3.05) is 19.6 Å². The van der Waals surface area contributed by atoms with Gasteiger partial charge in [-0.2, -0.15) is 13.2 Å². The van der Waals surface area contributed by atoms with E-state index >= 15 is 0 Å². The molecular formula is C21H27F3N4O4. The van der Waals surface area contributed by atoms with Gasteiger partial charge in [0.05, 0.1) is 36.4 Å². The van der Waals surface area contributed by atoms with Gasteiger partial charge in [-0.1, -0.05) is 6.92 Å². The predicted octanol–water partition coefficient (Wildman–Crippen LogP) is 3.00. The van der Waals surface area contributed by atoms with Crippen LogP contribution in [0.3, 0.4) is 0 Å². The molecule has 2 aromatic heterocycles. The van der Waals surface area contributed by atoms with Gasteiger partial charge in [-0.3, -0.25) is 9.69 Å². The fourth-order valence-electron chi connectivity index (χ4n) is 4.07. The van der Waals surface area contributed by atoms with Gasteiger partial charge in [-0.25, -0.2) is 9.78 Å². The fourth-order valence-corrected chi connectivity index (χ4v) is 4.07. The topological polar surface area (TPSA) is 91.8 Å². The Bertz CT molecular complexity index is 918. The zero-order valence-corrected chi connectivity index (χ0v) is 18.0. The SMILES string of the molecule is CC1CCN(C(=O)C2CN(Cc3ccco3)Cc3ncn(C)c32)CC1.O=C(O)C(F)(F)F. The third-order valence-corrected chi connectivity index (χ3v) is 5.80. The lowest BCUT2D eigenvalue weighted by molar-refractivity contribution is -0.192. The molecule has 8 nitrogen and oxygen atoms in total. The van der Waals surface area contributed by atoms with Gasteiger partial charge in [-0.15, -0.1) is 0 Å². The number of carbonyl (C=O) groups is 2. The average molecular weight is 456 g/mol. The van der Waals surface area contributed by atoms with Gasteiger partial charge in [0.25, 0.3) is 0 Å². The van der Waals surface area contributed by atoms with Gasteiger partial charge in [-0.05, 0) is 30.9 Å². The molecule has 1 unspecified atom stereocenters. The summed E-state index contributed by atoms with van der Waals surface area (Å²) in [7, 11) is 1.99. The maximum absolute atomic E-state index is 13.3. The minimum atomic E-state index is -5.08. The number of aromatic nitrogens is 2. The normalized spacial score (nSPS) is 19.8. The Labute approximate surface area is 183 Å². The number of likely N-dealkylation sites (tertiary alicyclic amines) is 1. The maximum Gasteiger partial charge on any atom is 0.490 e. The molecule has 1 amide bonds. The first-order chi connectivity index (χ1) is 15.1. The summed E-state index contributed by atoms with van der Waals surface area (Å²) in [6.07, 6.45) is 0.655. The molecule has 1 atom stereocenters. The van der Waals surface area contributed by atoms with Crippen LogP contribution in [-0.4, -0.2) is 62.1 Å². The quantitative estimate of drug-likeness (QED) is 0.764. The van der Waals surface area contributed by atoms with E-state index in [4.69, 9.17) is 14.3 Å². The van der Waals surface area contributed by atoms with Crippen LogP contribution < -0.4 is 0 Å². The first-order valence-electron chi connectivity index (χ1n) is 10.4. The van der Waals surface area contributed by atoms with E-state index < -0.39 is 12.1 Å². The first-order valence-corrected chi connectivity index (χ1v) is 10.4. The summed E-state index contributed by atoms with van der Waals surface area (Å²) in [5.41, 5.74) is 2.10. The number of aliphatic carboxylic acids is 1. The van der Waals surface area contributed by atoms with Crippen LogP contribution in [0.25, 0.3) is 0 Å². The third kappa shape index (κ3) is 5.70. The second-order valence-electron chi connectivity index (χ2n) is 8.30. The van der Waals surface area contributed by atoms with E-state index in [0.29, 0.717) is 6.54 Å². The van der Waals surface area contributed by atoms with Crippen molar-refractivity contribution in [2.45, 2.75) is 44.9 Å². The largest absolute Gasteiger partial charge is 0.490 e. The first kappa shape index (κ1) is 23.8. The number of imidazole rings is 1. The molecule has 32 heavy (non-hydrogen) atoms. The summed E-state index contributed by atoms with van der Waals surface area (Å²) in [4.78, 5) is 31.0. The fraction of sp³-hybridized carbons (Fsp3) is 0.571. The standard InChI is InChI=1S/C19H26N4O2.C2HF3O2/c1-14-5-7-23(8-6-14)19(24)16-11-22(10-15-4-3-9-25-15)12-17-18(16)21(2)13-20-17;3-2(4,5)1(6)7/h3-4,9,13-14,16H,5-8,10-12H2,1-2H3;(H,6,7). The Morgan fingerprint density at radius 1 is 1.28 bits per heavy atom. The van der Waals surface area contributed by atoms with Crippen molar-refractivity contribution in [3.8, 4) is 0 Å². The Morgan fingerprint density at radius 3 is 2.50 bits per heavy atom. The van der Waals surface area contributed by atoms with Crippen LogP contribution in [-0.2, 0) is 29.7 Å². The van der Waals surface area contributed by atoms with Crippen LogP contribution in [0.4, 0.5) is 13.2 Å². The Balaban J connectivity index is 0.000000360. The predicted molar refractivity (Wildman–Crippen MR) is 107 cm³/mol. The van der Waals surface area contributed by atoms with Gasteiger partial charge < -0.3 is 19.0 Å². The minimum absolute atomic E-state index is 0.139. The number of furan rings is 1. The number of alkyl halides is 3. The number of carboxylic acids is 1. The van der Waals surface area contributed by atoms with Crippen LogP contribution >= 0.6 is 0 Å². The molecule has 2 aliphatic rings. The highest BCUT2D eigenvalue weighted by atomic mass is 19.4. The monoisotopic (exact) mass is 456 g/mol. The van der Waals surface area contributed by atoms with E-state index in [2.05, 4.69) is 21.7 Å². The van der Waals surface area contributed by atoms with E-state index in [9.17, 15) is 18.0 Å². The Hall–Kier alpha value is -2.82. The molecule has 11 heteroatoms. The molecule has 176 valence electrons. The van der Waals surface area contributed by atoms with E-state index in [1.54, 1.807) is 6.26 Å². The number of carboxylic acid groups (broad SMARTS) is 1. The number of aryl methyl sites for hydroxylation is 1. The molecule has 1 saturated heterocycles. The molecular weight excluding hydrogens is 429 g/mol. The van der Waals surface area contributed by atoms with Gasteiger partial charge in [0.2, 0.25) is 5.91 Å². The molecule has 1 N–H and O–H groups in total. The molecule has 0 saturated carbocycles. The van der Waals surface area contributed by atoms with Crippen molar-refractivity contribution < 1.29 is 32.3 Å². The van der Waals surface area contributed by atoms with Crippen molar-refractivity contribution in [3.05, 3.63) is 41.9 Å². The van der Waals surface area contributed by atoms with Gasteiger partial charge >= 0.3 is 12.1 Å². The zero-order valence-electron chi connectivity index (χ0n) is 18.0. The zero-order chi connectivity index (χ0) is 23.5. The molecule has 2 aliphatic heterocycles. The van der Waals surface area contributed by atoms with Crippen LogP contribution in [0, 0.1) is 5.92 Å². The van der Waals surface area contributed by atoms with E-state index in [-0.39, 0.29) is 11.8 Å². The lowest BCUT2D eigenvalue weighted by Gasteiger charge is -2.37. The Kier molecular flexibility index (Phi) is 7.27. The molecule has 1 fully saturated rings. The number of fused-ring (bicyclic) bond motifs is 1. The number of nitrogens with zero attached hydrogens (tertiary/aromatic N) is 4. The molecule has 0 aromatic carbocycles. The lowest BCUT2D eigenvalue weighted by Crippen LogP contribution is -2.46. The van der Waals surface area contributed by atoms with Crippen LogP contribution in [0.5, 0.6) is 0 Å². The number of piperidine rings is 1. The highest BCUT2D eigenvalue weighted by molar-refractivity contribution is 5.84. The number of rotatable bonds is 3. The molecule has 4 heterocycles. The van der Waals surface area contributed by atoms with Crippen molar-refractivity contribution >= 4 is 11.9 Å². The number of halogens is 3. The molecule has 2 aromatic rings. The van der Waals surface area contributed by atoms with Crippen molar-refractivity contribution in [1.29, 1.82) is 0 Å². The Morgan fingerprint density at radius 2 is 1.94 bits per heavy atom. The summed E-state index contributed by atoms with van der Waals surface area (Å²) >= 11 is 0. The van der Waals surface area contributed by atoms with Gasteiger partial charge in [0.1, 0.15) is 5.76 Å². The summed E-state index contributed by atoms with van der Waals surface area (Å²) in [5, 5.41) is 7.12. The summed E-state index contributed by atoms with van der Waals surface area (Å²) < 4.78 is 39.2. The second kappa shape index (κ2) is 9.76. The van der Waals surface area contributed by atoms with Crippen molar-refractivity contribution in [1.82, 2.24) is 19.4 Å². The lowest BCUT2D eigenvalue weighted by atomic mass is 9.93. The smallest absolute Gasteiger partial charge is 0.475 e. The summed E-state index contributed by atoms with van der Waals surface area (Å²) in [6.45, 7) is 6.22. The molecule has 0 spiro atoms. The van der Waals surface area contributed by atoms with Crippen LogP contribution in [0.2, 0.25) is 0 Å². The van der Waals surface area contributed by atoms with E-state index in [0.717, 1.165) is 62.1 Å². The number of hydrogen-bond donors (Lipinski definition) is 1. The van der Waals surface area contributed by atoms with E-state index in [1.165, 1.54) is 0 Å².